The summed E-state index contributed by atoms with van der Waals surface area (Å²) in [4.78, 5) is 11.4. The van der Waals surface area contributed by atoms with Gasteiger partial charge in [-0.3, -0.25) is 10.1 Å². The average Bonchev–Trinajstić information content (AvgIpc) is 2.39. The number of benzene rings is 1. The molecule has 0 spiro atoms. The summed E-state index contributed by atoms with van der Waals surface area (Å²) >= 11 is 0. The Balaban J connectivity index is 0.00000180. The van der Waals surface area contributed by atoms with Crippen molar-refractivity contribution in [1.29, 1.82) is 0 Å². The Labute approximate surface area is 118 Å². The molecule has 3 nitrogen and oxygen atoms in total. The monoisotopic (exact) mass is 287 g/mol. The van der Waals surface area contributed by atoms with Gasteiger partial charge in [0.1, 0.15) is 11.4 Å². The van der Waals surface area contributed by atoms with Gasteiger partial charge in [0, 0.05) is 6.54 Å². The Hall–Kier alpha value is -1.13. The minimum absolute atomic E-state index is 0. The van der Waals surface area contributed by atoms with Gasteiger partial charge >= 0.3 is 5.97 Å². The average molecular weight is 288 g/mol. The van der Waals surface area contributed by atoms with Crippen molar-refractivity contribution < 1.29 is 14.3 Å². The van der Waals surface area contributed by atoms with E-state index in [9.17, 15) is 14.3 Å². The second kappa shape index (κ2) is 6.87. The highest BCUT2D eigenvalue weighted by Gasteiger charge is 2.38. The summed E-state index contributed by atoms with van der Waals surface area (Å²) in [5.41, 5.74) is 0.106. The first kappa shape index (κ1) is 15.9. The van der Waals surface area contributed by atoms with E-state index in [4.69, 9.17) is 0 Å². The van der Waals surface area contributed by atoms with Crippen molar-refractivity contribution in [2.24, 2.45) is 0 Å². The van der Waals surface area contributed by atoms with E-state index in [1.54, 1.807) is 12.1 Å². The number of carbonyl (C=O) groups is 1. The van der Waals surface area contributed by atoms with Crippen LogP contribution in [0, 0.1) is 5.82 Å². The predicted molar refractivity (Wildman–Crippen MR) is 73.9 cm³/mol. The van der Waals surface area contributed by atoms with E-state index in [1.807, 2.05) is 0 Å². The Bertz CT molecular complexity index is 416. The molecule has 1 aromatic carbocycles. The second-order valence-electron chi connectivity index (χ2n) is 4.93. The number of rotatable bonds is 4. The molecule has 0 radical (unpaired) electrons. The fraction of sp³-hybridized carbons (Fsp3) is 0.500. The van der Waals surface area contributed by atoms with Crippen LogP contribution in [-0.4, -0.2) is 16.6 Å². The lowest BCUT2D eigenvalue weighted by molar-refractivity contribution is -0.146. The zero-order chi connectivity index (χ0) is 13.0. The SMILES string of the molecule is Cl.O=C(O)C1(NCc2ccc(F)cc2)CCCCC1. The van der Waals surface area contributed by atoms with E-state index in [1.165, 1.54) is 12.1 Å². The van der Waals surface area contributed by atoms with Crippen molar-refractivity contribution in [2.45, 2.75) is 44.2 Å². The van der Waals surface area contributed by atoms with Gasteiger partial charge < -0.3 is 5.11 Å². The lowest BCUT2D eigenvalue weighted by Gasteiger charge is -2.34. The molecular formula is C14H19ClFNO2. The summed E-state index contributed by atoms with van der Waals surface area (Å²) in [7, 11) is 0. The highest BCUT2D eigenvalue weighted by atomic mass is 35.5. The fourth-order valence-corrected chi connectivity index (χ4v) is 2.50. The number of halogens is 2. The molecule has 0 unspecified atom stereocenters. The van der Waals surface area contributed by atoms with Gasteiger partial charge in [0.25, 0.3) is 0 Å². The molecule has 0 atom stereocenters. The zero-order valence-electron chi connectivity index (χ0n) is 10.7. The molecule has 5 heteroatoms. The summed E-state index contributed by atoms with van der Waals surface area (Å²) in [6.07, 6.45) is 4.34. The van der Waals surface area contributed by atoms with Crippen LogP contribution in [0.2, 0.25) is 0 Å². The van der Waals surface area contributed by atoms with Crippen molar-refractivity contribution >= 4 is 18.4 Å². The smallest absolute Gasteiger partial charge is 0.323 e. The molecule has 19 heavy (non-hydrogen) atoms. The Kier molecular flexibility index (Phi) is 5.76. The van der Waals surface area contributed by atoms with Crippen molar-refractivity contribution in [1.82, 2.24) is 5.32 Å². The third kappa shape index (κ3) is 3.91. The number of hydrogen-bond acceptors (Lipinski definition) is 2. The molecule has 0 heterocycles. The van der Waals surface area contributed by atoms with Crippen molar-refractivity contribution in [3.8, 4) is 0 Å². The lowest BCUT2D eigenvalue weighted by atomic mass is 9.81. The third-order valence-corrected chi connectivity index (χ3v) is 3.66. The Morgan fingerprint density at radius 2 is 1.79 bits per heavy atom. The van der Waals surface area contributed by atoms with Crippen molar-refractivity contribution in [3.05, 3.63) is 35.6 Å². The quantitative estimate of drug-likeness (QED) is 0.894. The summed E-state index contributed by atoms with van der Waals surface area (Å²) in [6, 6.07) is 6.15. The highest BCUT2D eigenvalue weighted by molar-refractivity contribution is 5.85. The molecular weight excluding hydrogens is 269 g/mol. The molecule has 1 aliphatic rings. The van der Waals surface area contributed by atoms with Crippen LogP contribution in [0.1, 0.15) is 37.7 Å². The van der Waals surface area contributed by atoms with Gasteiger partial charge in [0.2, 0.25) is 0 Å². The molecule has 1 aromatic rings. The van der Waals surface area contributed by atoms with Crippen LogP contribution >= 0.6 is 12.4 Å². The molecule has 1 saturated carbocycles. The van der Waals surface area contributed by atoms with Crippen LogP contribution in [0.25, 0.3) is 0 Å². The number of carboxylic acids is 1. The lowest BCUT2D eigenvalue weighted by Crippen LogP contribution is -2.52. The maximum atomic E-state index is 12.8. The van der Waals surface area contributed by atoms with E-state index in [0.717, 1.165) is 24.8 Å². The molecule has 0 aliphatic heterocycles. The first-order valence-corrected chi connectivity index (χ1v) is 6.35. The van der Waals surface area contributed by atoms with Gasteiger partial charge in [0.05, 0.1) is 0 Å². The molecule has 106 valence electrons. The Morgan fingerprint density at radius 3 is 2.32 bits per heavy atom. The number of carboxylic acid groups (broad SMARTS) is 1. The van der Waals surface area contributed by atoms with Gasteiger partial charge in [-0.05, 0) is 30.5 Å². The number of aliphatic carboxylic acids is 1. The van der Waals surface area contributed by atoms with Crippen molar-refractivity contribution in [2.75, 3.05) is 0 Å². The molecule has 1 aliphatic carbocycles. The molecule has 1 fully saturated rings. The topological polar surface area (TPSA) is 49.3 Å². The zero-order valence-corrected chi connectivity index (χ0v) is 11.5. The Morgan fingerprint density at radius 1 is 1.21 bits per heavy atom. The van der Waals surface area contributed by atoms with Crippen LogP contribution < -0.4 is 5.32 Å². The minimum atomic E-state index is -0.799. The molecule has 0 saturated heterocycles. The molecule has 0 amide bonds. The van der Waals surface area contributed by atoms with E-state index in [-0.39, 0.29) is 18.2 Å². The summed E-state index contributed by atoms with van der Waals surface area (Å²) in [6.45, 7) is 0.465. The van der Waals surface area contributed by atoms with Crippen LogP contribution in [0.3, 0.4) is 0 Å². The highest BCUT2D eigenvalue weighted by Crippen LogP contribution is 2.28. The molecule has 0 aromatic heterocycles. The van der Waals surface area contributed by atoms with Gasteiger partial charge in [-0.25, -0.2) is 4.39 Å². The molecule has 2 N–H and O–H groups in total. The normalized spacial score (nSPS) is 17.5. The van der Waals surface area contributed by atoms with E-state index < -0.39 is 11.5 Å². The summed E-state index contributed by atoms with van der Waals surface area (Å²) in [5, 5.41) is 12.5. The van der Waals surface area contributed by atoms with Gasteiger partial charge in [0.15, 0.2) is 0 Å². The van der Waals surface area contributed by atoms with Crippen molar-refractivity contribution in [3.63, 3.8) is 0 Å². The molecule has 2 rings (SSSR count). The predicted octanol–water partition coefficient (Wildman–Crippen LogP) is 3.12. The fourth-order valence-electron chi connectivity index (χ4n) is 2.50. The molecule has 0 bridgehead atoms. The number of hydrogen-bond donors (Lipinski definition) is 2. The largest absolute Gasteiger partial charge is 0.480 e. The summed E-state index contributed by atoms with van der Waals surface area (Å²) < 4.78 is 12.8. The number of nitrogens with one attached hydrogen (secondary N) is 1. The third-order valence-electron chi connectivity index (χ3n) is 3.66. The maximum absolute atomic E-state index is 12.8. The van der Waals surface area contributed by atoms with Crippen LogP contribution in [0.4, 0.5) is 4.39 Å². The minimum Gasteiger partial charge on any atom is -0.480 e. The van der Waals surface area contributed by atoms with Gasteiger partial charge in [-0.15, -0.1) is 12.4 Å². The first-order valence-electron chi connectivity index (χ1n) is 6.35. The van der Waals surface area contributed by atoms with E-state index >= 15 is 0 Å². The van der Waals surface area contributed by atoms with E-state index in [0.29, 0.717) is 19.4 Å². The van der Waals surface area contributed by atoms with Gasteiger partial charge in [-0.2, -0.15) is 0 Å². The van der Waals surface area contributed by atoms with Gasteiger partial charge in [-0.1, -0.05) is 31.4 Å². The van der Waals surface area contributed by atoms with E-state index in [2.05, 4.69) is 5.32 Å². The van der Waals surface area contributed by atoms with Crippen LogP contribution in [0.5, 0.6) is 0 Å². The van der Waals surface area contributed by atoms with Crippen LogP contribution in [-0.2, 0) is 11.3 Å². The second-order valence-corrected chi connectivity index (χ2v) is 4.93. The summed E-state index contributed by atoms with van der Waals surface area (Å²) in [5.74, 6) is -1.05. The first-order chi connectivity index (χ1) is 8.62. The standard InChI is InChI=1S/C14H18FNO2.ClH/c15-12-6-4-11(5-7-12)10-16-14(13(17)18)8-2-1-3-9-14;/h4-7,16H,1-3,8-10H2,(H,17,18);1H. The maximum Gasteiger partial charge on any atom is 0.323 e. The van der Waals surface area contributed by atoms with Crippen LogP contribution in [0.15, 0.2) is 24.3 Å².